The molecule has 4 rings (SSSR count). The van der Waals surface area contributed by atoms with Crippen LogP contribution < -0.4 is 10.1 Å². The van der Waals surface area contributed by atoms with Gasteiger partial charge in [-0.3, -0.25) is 4.79 Å². The molecule has 162 valence electrons. The predicted octanol–water partition coefficient (Wildman–Crippen LogP) is 4.35. The maximum Gasteiger partial charge on any atom is 0.339 e. The van der Waals surface area contributed by atoms with E-state index in [2.05, 4.69) is 10.3 Å². The first-order valence-electron chi connectivity index (χ1n) is 10.2. The van der Waals surface area contributed by atoms with Crippen molar-refractivity contribution in [3.8, 4) is 5.75 Å². The second-order valence-electron chi connectivity index (χ2n) is 7.29. The topological polar surface area (TPSA) is 82.5 Å². The van der Waals surface area contributed by atoms with Crippen molar-refractivity contribution in [1.29, 1.82) is 0 Å². The van der Waals surface area contributed by atoms with Crippen LogP contribution in [0.15, 0.2) is 72.8 Å². The molecule has 0 aliphatic heterocycles. The van der Waals surface area contributed by atoms with Crippen LogP contribution in [0.1, 0.15) is 21.7 Å². The number of para-hydroxylation sites is 3. The number of carbonyl (C=O) groups excluding carboxylic acids is 2. The normalized spacial score (nSPS) is 10.7. The highest BCUT2D eigenvalue weighted by Gasteiger charge is 2.17. The monoisotopic (exact) mass is 429 g/mol. The fourth-order valence-electron chi connectivity index (χ4n) is 3.46. The number of hydrogen-bond donors (Lipinski definition) is 1. The quantitative estimate of drug-likeness (QED) is 0.442. The number of fused-ring (bicyclic) bond motifs is 1. The van der Waals surface area contributed by atoms with Crippen LogP contribution in [0, 0.1) is 6.92 Å². The number of carbonyl (C=O) groups is 2. The molecule has 0 aliphatic carbocycles. The zero-order valence-corrected chi connectivity index (χ0v) is 17.9. The van der Waals surface area contributed by atoms with E-state index in [0.29, 0.717) is 17.1 Å². The van der Waals surface area contributed by atoms with Crippen molar-refractivity contribution in [3.63, 3.8) is 0 Å². The third kappa shape index (κ3) is 4.62. The van der Waals surface area contributed by atoms with Crippen molar-refractivity contribution < 1.29 is 19.1 Å². The average molecular weight is 429 g/mol. The molecule has 1 aromatic heterocycles. The number of ether oxygens (including phenoxy) is 2. The number of anilines is 1. The molecule has 0 radical (unpaired) electrons. The van der Waals surface area contributed by atoms with E-state index in [9.17, 15) is 9.59 Å². The van der Waals surface area contributed by atoms with Gasteiger partial charge in [-0.1, -0.05) is 42.0 Å². The highest BCUT2D eigenvalue weighted by molar-refractivity contribution is 6.01. The molecule has 7 nitrogen and oxygen atoms in total. The standard InChI is InChI=1S/C25H23N3O4/c1-17-12-13-20(19(14-17)25(30)31-2)27-24(29)15-28-22-11-7-6-10-21(22)26-23(28)16-32-18-8-4-3-5-9-18/h3-14H,15-16H2,1-2H3,(H,27,29). The summed E-state index contributed by atoms with van der Waals surface area (Å²) in [6.45, 7) is 2.10. The van der Waals surface area contributed by atoms with Crippen LogP contribution in [0.25, 0.3) is 11.0 Å². The number of benzene rings is 3. The van der Waals surface area contributed by atoms with Gasteiger partial charge in [0, 0.05) is 0 Å². The van der Waals surface area contributed by atoms with Crippen LogP contribution >= 0.6 is 0 Å². The van der Waals surface area contributed by atoms with Gasteiger partial charge in [0.05, 0.1) is 29.4 Å². The number of imidazole rings is 1. The molecule has 32 heavy (non-hydrogen) atoms. The van der Waals surface area contributed by atoms with Gasteiger partial charge in [-0.05, 0) is 43.3 Å². The molecule has 0 atom stereocenters. The minimum Gasteiger partial charge on any atom is -0.486 e. The largest absolute Gasteiger partial charge is 0.486 e. The second kappa shape index (κ2) is 9.34. The van der Waals surface area contributed by atoms with Crippen LogP contribution in [-0.4, -0.2) is 28.5 Å². The van der Waals surface area contributed by atoms with Gasteiger partial charge in [-0.2, -0.15) is 0 Å². The molecule has 0 saturated carbocycles. The number of aromatic nitrogens is 2. The molecule has 7 heteroatoms. The Labute approximate surface area is 185 Å². The Morgan fingerprint density at radius 1 is 1.00 bits per heavy atom. The smallest absolute Gasteiger partial charge is 0.339 e. The van der Waals surface area contributed by atoms with E-state index in [1.807, 2.05) is 72.2 Å². The summed E-state index contributed by atoms with van der Waals surface area (Å²) >= 11 is 0. The Hall–Kier alpha value is -4.13. The van der Waals surface area contributed by atoms with Crippen LogP contribution in [0.2, 0.25) is 0 Å². The summed E-state index contributed by atoms with van der Waals surface area (Å²) in [5.74, 6) is 0.553. The lowest BCUT2D eigenvalue weighted by Crippen LogP contribution is -2.22. The Morgan fingerprint density at radius 2 is 1.75 bits per heavy atom. The Morgan fingerprint density at radius 3 is 2.53 bits per heavy atom. The molecule has 4 aromatic rings. The first-order valence-corrected chi connectivity index (χ1v) is 10.2. The summed E-state index contributed by atoms with van der Waals surface area (Å²) in [6.07, 6.45) is 0. The van der Waals surface area contributed by atoms with Gasteiger partial charge in [0.25, 0.3) is 0 Å². The van der Waals surface area contributed by atoms with Crippen LogP contribution in [0.4, 0.5) is 5.69 Å². The van der Waals surface area contributed by atoms with Gasteiger partial charge in [0.2, 0.25) is 5.91 Å². The molecule has 0 saturated heterocycles. The molecular formula is C25H23N3O4. The van der Waals surface area contributed by atoms with Crippen molar-refractivity contribution in [2.45, 2.75) is 20.1 Å². The average Bonchev–Trinajstić information content (AvgIpc) is 3.16. The zero-order chi connectivity index (χ0) is 22.5. The molecule has 1 amide bonds. The van der Waals surface area contributed by atoms with Crippen molar-refractivity contribution >= 4 is 28.6 Å². The fourth-order valence-corrected chi connectivity index (χ4v) is 3.46. The number of esters is 1. The van der Waals surface area contributed by atoms with Crippen LogP contribution in [-0.2, 0) is 22.7 Å². The number of aryl methyl sites for hydroxylation is 1. The zero-order valence-electron chi connectivity index (χ0n) is 17.9. The van der Waals surface area contributed by atoms with E-state index >= 15 is 0 Å². The van der Waals surface area contributed by atoms with E-state index in [1.165, 1.54) is 7.11 Å². The summed E-state index contributed by atoms with van der Waals surface area (Å²) in [5.41, 5.74) is 3.20. The molecule has 0 spiro atoms. The molecule has 0 fully saturated rings. The first-order chi connectivity index (χ1) is 15.5. The van der Waals surface area contributed by atoms with E-state index in [1.54, 1.807) is 12.1 Å². The SMILES string of the molecule is COC(=O)c1cc(C)ccc1NC(=O)Cn1c(COc2ccccc2)nc2ccccc21. The molecule has 1 heterocycles. The van der Waals surface area contributed by atoms with Gasteiger partial charge in [-0.15, -0.1) is 0 Å². The summed E-state index contributed by atoms with van der Waals surface area (Å²) < 4.78 is 12.5. The van der Waals surface area contributed by atoms with Crippen molar-refractivity contribution in [3.05, 3.63) is 89.7 Å². The van der Waals surface area contributed by atoms with E-state index in [0.717, 1.165) is 22.3 Å². The van der Waals surface area contributed by atoms with Gasteiger partial charge in [0.15, 0.2) is 0 Å². The number of hydrogen-bond acceptors (Lipinski definition) is 5. The molecule has 1 N–H and O–H groups in total. The molecule has 3 aromatic carbocycles. The lowest BCUT2D eigenvalue weighted by Gasteiger charge is -2.13. The van der Waals surface area contributed by atoms with Crippen LogP contribution in [0.5, 0.6) is 5.75 Å². The van der Waals surface area contributed by atoms with Crippen molar-refractivity contribution in [2.24, 2.45) is 0 Å². The lowest BCUT2D eigenvalue weighted by molar-refractivity contribution is -0.116. The minimum atomic E-state index is -0.506. The first kappa shape index (κ1) is 21.1. The van der Waals surface area contributed by atoms with Gasteiger partial charge < -0.3 is 19.4 Å². The van der Waals surface area contributed by atoms with Crippen molar-refractivity contribution in [1.82, 2.24) is 9.55 Å². The molecular weight excluding hydrogens is 406 g/mol. The van der Waals surface area contributed by atoms with Crippen LogP contribution in [0.3, 0.4) is 0 Å². The van der Waals surface area contributed by atoms with Gasteiger partial charge in [-0.25, -0.2) is 9.78 Å². The summed E-state index contributed by atoms with van der Waals surface area (Å²) in [6, 6.07) is 22.3. The van der Waals surface area contributed by atoms with E-state index in [4.69, 9.17) is 9.47 Å². The highest BCUT2D eigenvalue weighted by Crippen LogP contribution is 2.21. The number of nitrogens with zero attached hydrogens (tertiary/aromatic N) is 2. The number of nitrogens with one attached hydrogen (secondary N) is 1. The minimum absolute atomic E-state index is 0.0164. The maximum atomic E-state index is 12.9. The number of rotatable bonds is 7. The molecule has 0 unspecified atom stereocenters. The molecule has 0 aliphatic rings. The Kier molecular flexibility index (Phi) is 6.17. The second-order valence-corrected chi connectivity index (χ2v) is 7.29. The van der Waals surface area contributed by atoms with Gasteiger partial charge in [0.1, 0.15) is 24.7 Å². The maximum absolute atomic E-state index is 12.9. The molecule has 0 bridgehead atoms. The Bertz CT molecular complexity index is 1260. The summed E-state index contributed by atoms with van der Waals surface area (Å²) in [7, 11) is 1.31. The van der Waals surface area contributed by atoms with E-state index in [-0.39, 0.29) is 19.1 Å². The highest BCUT2D eigenvalue weighted by atomic mass is 16.5. The van der Waals surface area contributed by atoms with Crippen molar-refractivity contribution in [2.75, 3.05) is 12.4 Å². The number of methoxy groups -OCH3 is 1. The third-order valence-electron chi connectivity index (χ3n) is 5.00. The predicted molar refractivity (Wildman–Crippen MR) is 122 cm³/mol. The lowest BCUT2D eigenvalue weighted by atomic mass is 10.1. The third-order valence-corrected chi connectivity index (χ3v) is 5.00. The fraction of sp³-hybridized carbons (Fsp3) is 0.160. The van der Waals surface area contributed by atoms with Gasteiger partial charge >= 0.3 is 5.97 Å². The summed E-state index contributed by atoms with van der Waals surface area (Å²) in [5, 5.41) is 2.83. The van der Waals surface area contributed by atoms with E-state index < -0.39 is 5.97 Å². The summed E-state index contributed by atoms with van der Waals surface area (Å²) in [4.78, 5) is 29.7. The number of amides is 1. The Balaban J connectivity index is 1.58.